The van der Waals surface area contributed by atoms with E-state index in [2.05, 4.69) is 22.6 Å². The van der Waals surface area contributed by atoms with E-state index in [-0.39, 0.29) is 19.3 Å². The van der Waals surface area contributed by atoms with Gasteiger partial charge < -0.3 is 19.7 Å². The van der Waals surface area contributed by atoms with E-state index in [1.54, 1.807) is 6.20 Å². The summed E-state index contributed by atoms with van der Waals surface area (Å²) < 4.78 is 11.5. The van der Waals surface area contributed by atoms with Crippen LogP contribution >= 0.6 is 11.6 Å². The number of anilines is 1. The van der Waals surface area contributed by atoms with E-state index in [9.17, 15) is 4.79 Å². The zero-order valence-electron chi connectivity index (χ0n) is 19.3. The van der Waals surface area contributed by atoms with Crippen molar-refractivity contribution in [3.05, 3.63) is 94.1 Å². The van der Waals surface area contributed by atoms with Crippen molar-refractivity contribution in [3.63, 3.8) is 0 Å². The molecule has 0 saturated heterocycles. The van der Waals surface area contributed by atoms with E-state index in [0.717, 1.165) is 40.8 Å². The van der Waals surface area contributed by atoms with Crippen molar-refractivity contribution in [1.29, 1.82) is 0 Å². The average molecular weight is 489 g/mol. The Morgan fingerprint density at radius 1 is 1.11 bits per heavy atom. The summed E-state index contributed by atoms with van der Waals surface area (Å²) in [5, 5.41) is 17.0. The number of carboxylic acids is 1. The maximum Gasteiger partial charge on any atom is 0.307 e. The molecule has 1 aliphatic rings. The molecule has 1 aromatic heterocycles. The number of rotatable bonds is 8. The van der Waals surface area contributed by atoms with Crippen molar-refractivity contribution in [3.8, 4) is 22.5 Å². The van der Waals surface area contributed by atoms with Crippen LogP contribution in [0.3, 0.4) is 0 Å². The van der Waals surface area contributed by atoms with Gasteiger partial charge in [0.05, 0.1) is 18.7 Å². The van der Waals surface area contributed by atoms with Gasteiger partial charge in [-0.05, 0) is 65.3 Å². The summed E-state index contributed by atoms with van der Waals surface area (Å²) >= 11 is 6.27. The largest absolute Gasteiger partial charge is 0.481 e. The Bertz CT molecular complexity index is 1380. The predicted octanol–water partition coefficient (Wildman–Crippen LogP) is 6.53. The fourth-order valence-electron chi connectivity index (χ4n) is 4.59. The molecule has 5 rings (SSSR count). The number of benzene rings is 3. The van der Waals surface area contributed by atoms with Crippen molar-refractivity contribution < 1.29 is 19.2 Å². The van der Waals surface area contributed by atoms with Crippen LogP contribution in [0.25, 0.3) is 22.5 Å². The first kappa shape index (κ1) is 23.1. The van der Waals surface area contributed by atoms with Crippen LogP contribution in [0.1, 0.15) is 35.3 Å². The Hall–Kier alpha value is -3.61. The standard InChI is InChI=1S/C28H25ClN2O4/c1-17(22-4-2-3-5-25(22)29)34-16-30-26-15-31-35-28(26)21-9-11-24-20(14-21)8-7-19-12-18(13-27(32)33)6-10-23(19)24/h2-6,9-12,14-15,17,30H,7-8,13,16H2,1H3,(H,32,33). The summed E-state index contributed by atoms with van der Waals surface area (Å²) in [5.41, 5.74) is 8.21. The molecule has 0 fully saturated rings. The lowest BCUT2D eigenvalue weighted by Gasteiger charge is -2.21. The molecule has 1 aliphatic carbocycles. The molecular weight excluding hydrogens is 464 g/mol. The first-order chi connectivity index (χ1) is 17.0. The lowest BCUT2D eigenvalue weighted by Crippen LogP contribution is -2.10. The Morgan fingerprint density at radius 3 is 2.63 bits per heavy atom. The first-order valence-electron chi connectivity index (χ1n) is 11.5. The molecule has 0 bridgehead atoms. The second-order valence-corrected chi connectivity index (χ2v) is 9.06. The van der Waals surface area contributed by atoms with Crippen LogP contribution in [0.2, 0.25) is 5.02 Å². The number of hydrogen-bond acceptors (Lipinski definition) is 5. The van der Waals surface area contributed by atoms with Crippen LogP contribution in [0.15, 0.2) is 71.4 Å². The van der Waals surface area contributed by atoms with E-state index in [1.165, 1.54) is 16.7 Å². The molecule has 3 aromatic carbocycles. The first-order valence-corrected chi connectivity index (χ1v) is 11.9. The zero-order valence-corrected chi connectivity index (χ0v) is 20.0. The summed E-state index contributed by atoms with van der Waals surface area (Å²) in [6, 6.07) is 19.9. The van der Waals surface area contributed by atoms with Crippen LogP contribution in [0.5, 0.6) is 0 Å². The molecule has 6 nitrogen and oxygen atoms in total. The Balaban J connectivity index is 1.31. The number of fused-ring (bicyclic) bond motifs is 3. The smallest absolute Gasteiger partial charge is 0.307 e. The zero-order chi connectivity index (χ0) is 24.4. The highest BCUT2D eigenvalue weighted by Crippen LogP contribution is 2.38. The van der Waals surface area contributed by atoms with Gasteiger partial charge in [0.2, 0.25) is 0 Å². The average Bonchev–Trinajstić information content (AvgIpc) is 3.32. The number of ether oxygens (including phenoxy) is 1. The molecule has 0 spiro atoms. The van der Waals surface area contributed by atoms with Gasteiger partial charge >= 0.3 is 5.97 Å². The topological polar surface area (TPSA) is 84.6 Å². The van der Waals surface area contributed by atoms with Gasteiger partial charge in [0, 0.05) is 10.6 Å². The third-order valence-corrected chi connectivity index (χ3v) is 6.70. The van der Waals surface area contributed by atoms with E-state index in [0.29, 0.717) is 10.8 Å². The Kier molecular flexibility index (Phi) is 6.57. The van der Waals surface area contributed by atoms with Gasteiger partial charge in [-0.25, -0.2) is 0 Å². The second-order valence-electron chi connectivity index (χ2n) is 8.65. The Labute approximate surface area is 208 Å². The van der Waals surface area contributed by atoms with Crippen LogP contribution in [-0.4, -0.2) is 23.0 Å². The summed E-state index contributed by atoms with van der Waals surface area (Å²) in [6.07, 6.45) is 3.27. The third kappa shape index (κ3) is 4.94. The highest BCUT2D eigenvalue weighted by atomic mass is 35.5. The molecule has 1 unspecified atom stereocenters. The third-order valence-electron chi connectivity index (χ3n) is 6.36. The van der Waals surface area contributed by atoms with Crippen molar-refractivity contribution in [2.45, 2.75) is 32.3 Å². The van der Waals surface area contributed by atoms with Gasteiger partial charge in [-0.3, -0.25) is 4.79 Å². The van der Waals surface area contributed by atoms with Gasteiger partial charge in [0.25, 0.3) is 0 Å². The number of carbonyl (C=O) groups is 1. The maximum absolute atomic E-state index is 11.1. The summed E-state index contributed by atoms with van der Waals surface area (Å²) in [7, 11) is 0. The predicted molar refractivity (Wildman–Crippen MR) is 136 cm³/mol. The number of carboxylic acid groups (broad SMARTS) is 1. The van der Waals surface area contributed by atoms with Gasteiger partial charge in [-0.15, -0.1) is 0 Å². The van der Waals surface area contributed by atoms with Crippen molar-refractivity contribution >= 4 is 23.3 Å². The normalized spacial score (nSPS) is 13.1. The molecule has 0 saturated carbocycles. The minimum Gasteiger partial charge on any atom is -0.481 e. The van der Waals surface area contributed by atoms with Gasteiger partial charge in [-0.1, -0.05) is 65.3 Å². The van der Waals surface area contributed by atoms with E-state index >= 15 is 0 Å². The summed E-state index contributed by atoms with van der Waals surface area (Å²) in [5.74, 6) is -0.157. The van der Waals surface area contributed by atoms with Crippen LogP contribution < -0.4 is 5.32 Å². The number of nitrogens with one attached hydrogen (secondary N) is 1. The minimum atomic E-state index is -0.814. The Morgan fingerprint density at radius 2 is 1.86 bits per heavy atom. The summed E-state index contributed by atoms with van der Waals surface area (Å²) in [6.45, 7) is 2.24. The molecule has 1 heterocycles. The van der Waals surface area contributed by atoms with Gasteiger partial charge in [-0.2, -0.15) is 0 Å². The minimum absolute atomic E-state index is 0.0429. The van der Waals surface area contributed by atoms with Crippen LogP contribution in [0.4, 0.5) is 5.69 Å². The molecule has 35 heavy (non-hydrogen) atoms. The molecule has 0 aliphatic heterocycles. The maximum atomic E-state index is 11.1. The SMILES string of the molecule is CC(OCNc1cnoc1-c1ccc2c(c1)CCc1cc(CC(=O)O)ccc1-2)c1ccccc1Cl. The summed E-state index contributed by atoms with van der Waals surface area (Å²) in [4.78, 5) is 11.1. The van der Waals surface area contributed by atoms with Crippen molar-refractivity contribution in [2.75, 3.05) is 12.0 Å². The number of nitrogens with zero attached hydrogens (tertiary/aromatic N) is 1. The van der Waals surface area contributed by atoms with Gasteiger partial charge in [0.1, 0.15) is 12.4 Å². The quantitative estimate of drug-likeness (QED) is 0.274. The molecule has 178 valence electrons. The highest BCUT2D eigenvalue weighted by Gasteiger charge is 2.20. The lowest BCUT2D eigenvalue weighted by molar-refractivity contribution is -0.136. The molecule has 4 aromatic rings. The van der Waals surface area contributed by atoms with Gasteiger partial charge in [0.15, 0.2) is 5.76 Å². The van der Waals surface area contributed by atoms with Crippen LogP contribution in [0, 0.1) is 0 Å². The molecule has 0 amide bonds. The number of aromatic nitrogens is 1. The highest BCUT2D eigenvalue weighted by molar-refractivity contribution is 6.31. The monoisotopic (exact) mass is 488 g/mol. The number of halogens is 1. The molecule has 2 N–H and O–H groups in total. The lowest BCUT2D eigenvalue weighted by atomic mass is 9.83. The van der Waals surface area contributed by atoms with Crippen molar-refractivity contribution in [1.82, 2.24) is 5.16 Å². The van der Waals surface area contributed by atoms with Crippen molar-refractivity contribution in [2.24, 2.45) is 0 Å². The molecule has 7 heteroatoms. The van der Waals surface area contributed by atoms with E-state index in [4.69, 9.17) is 26.0 Å². The fraction of sp³-hybridized carbons (Fsp3) is 0.214. The second kappa shape index (κ2) is 9.94. The van der Waals surface area contributed by atoms with Crippen LogP contribution in [-0.2, 0) is 28.8 Å². The number of aliphatic carboxylic acids is 1. The molecule has 1 atom stereocenters. The number of hydrogen-bond donors (Lipinski definition) is 2. The van der Waals surface area contributed by atoms with E-state index in [1.807, 2.05) is 55.5 Å². The number of aryl methyl sites for hydroxylation is 2. The van der Waals surface area contributed by atoms with E-state index < -0.39 is 5.97 Å². The molecular formula is C28H25ClN2O4. The fourth-order valence-corrected chi connectivity index (χ4v) is 4.88. The molecule has 0 radical (unpaired) electrons.